The number of hydrogen-bond donors (Lipinski definition) is 7. The molecular formula is C21H20O10. The van der Waals surface area contributed by atoms with Gasteiger partial charge in [-0.1, -0.05) is 12.1 Å². The van der Waals surface area contributed by atoms with Crippen LogP contribution < -0.4 is 5.43 Å². The van der Waals surface area contributed by atoms with E-state index in [9.17, 15) is 40.5 Å². The molecule has 10 nitrogen and oxygen atoms in total. The van der Waals surface area contributed by atoms with Crippen molar-refractivity contribution in [2.24, 2.45) is 0 Å². The summed E-state index contributed by atoms with van der Waals surface area (Å²) in [5.74, 6) is -3.42. The number of aromatic hydroxyl groups is 2. The summed E-state index contributed by atoms with van der Waals surface area (Å²) in [7, 11) is 0. The summed E-state index contributed by atoms with van der Waals surface area (Å²) >= 11 is 0. The van der Waals surface area contributed by atoms with Gasteiger partial charge in [0.05, 0.1) is 23.1 Å². The van der Waals surface area contributed by atoms with Crippen LogP contribution in [-0.4, -0.2) is 66.8 Å². The van der Waals surface area contributed by atoms with Gasteiger partial charge in [0.2, 0.25) is 11.2 Å². The van der Waals surface area contributed by atoms with E-state index in [2.05, 4.69) is 0 Å². The van der Waals surface area contributed by atoms with Crippen LogP contribution in [-0.2, 0) is 10.5 Å². The Bertz CT molecular complexity index is 1170. The first-order chi connectivity index (χ1) is 14.7. The molecule has 2 heterocycles. The third-order valence-corrected chi connectivity index (χ3v) is 5.42. The molecule has 1 saturated heterocycles. The molecule has 2 aromatic carbocycles. The predicted molar refractivity (Wildman–Crippen MR) is 105 cm³/mol. The smallest absolute Gasteiger partial charge is 0.229 e. The lowest BCUT2D eigenvalue weighted by molar-refractivity contribution is -0.357. The highest BCUT2D eigenvalue weighted by Crippen LogP contribution is 2.43. The second-order valence-electron chi connectivity index (χ2n) is 7.32. The molecule has 7 N–H and O–H groups in total. The SMILES string of the molecule is O=c1c(-c2ccc(O)cc2)coc2c([C@]3(O)O[C@@H](CO)[C@H](O)[C@@H](O)[C@@H]3O)c(O)ccc12. The Morgan fingerprint density at radius 2 is 1.65 bits per heavy atom. The molecule has 0 bridgehead atoms. The van der Waals surface area contributed by atoms with Crippen LogP contribution in [0.3, 0.4) is 0 Å². The zero-order valence-electron chi connectivity index (χ0n) is 15.9. The topological polar surface area (TPSA) is 181 Å². The highest BCUT2D eigenvalue weighted by Gasteiger charge is 2.55. The maximum absolute atomic E-state index is 13.1. The minimum Gasteiger partial charge on any atom is -0.508 e. The quantitative estimate of drug-likeness (QED) is 0.285. The van der Waals surface area contributed by atoms with Gasteiger partial charge in [0.15, 0.2) is 0 Å². The van der Waals surface area contributed by atoms with Gasteiger partial charge in [-0.15, -0.1) is 0 Å². The number of rotatable bonds is 3. The summed E-state index contributed by atoms with van der Waals surface area (Å²) in [5, 5.41) is 70.8. The fourth-order valence-electron chi connectivity index (χ4n) is 3.74. The summed E-state index contributed by atoms with van der Waals surface area (Å²) in [6.45, 7) is -0.812. The van der Waals surface area contributed by atoms with Gasteiger partial charge in [0.1, 0.15) is 47.8 Å². The van der Waals surface area contributed by atoms with Gasteiger partial charge >= 0.3 is 0 Å². The number of phenolic OH excluding ortho intramolecular Hbond substituents is 2. The number of benzene rings is 2. The summed E-state index contributed by atoms with van der Waals surface area (Å²) in [5.41, 5.74) is -0.841. The third-order valence-electron chi connectivity index (χ3n) is 5.42. The molecule has 3 aromatic rings. The lowest BCUT2D eigenvalue weighted by Crippen LogP contribution is -2.63. The van der Waals surface area contributed by atoms with Crippen molar-refractivity contribution < 1.29 is 44.9 Å². The fourth-order valence-corrected chi connectivity index (χ4v) is 3.74. The van der Waals surface area contributed by atoms with Gasteiger partial charge < -0.3 is 44.9 Å². The maximum Gasteiger partial charge on any atom is 0.229 e. The van der Waals surface area contributed by atoms with E-state index in [1.165, 1.54) is 30.3 Å². The van der Waals surface area contributed by atoms with Crippen LogP contribution in [0.4, 0.5) is 0 Å². The molecule has 0 unspecified atom stereocenters. The number of phenols is 2. The van der Waals surface area contributed by atoms with Gasteiger partial charge in [0, 0.05) is 0 Å². The zero-order chi connectivity index (χ0) is 22.5. The van der Waals surface area contributed by atoms with E-state index in [-0.39, 0.29) is 22.3 Å². The Balaban J connectivity index is 1.93. The molecule has 0 spiro atoms. The second kappa shape index (κ2) is 7.61. The van der Waals surface area contributed by atoms with E-state index in [0.29, 0.717) is 5.56 Å². The Hall–Kier alpha value is -2.99. The van der Waals surface area contributed by atoms with Crippen LogP contribution in [0.1, 0.15) is 5.56 Å². The first-order valence-electron chi connectivity index (χ1n) is 9.31. The van der Waals surface area contributed by atoms with E-state index >= 15 is 0 Å². The van der Waals surface area contributed by atoms with Crippen LogP contribution in [0.5, 0.6) is 11.5 Å². The molecular weight excluding hydrogens is 412 g/mol. The summed E-state index contributed by atoms with van der Waals surface area (Å²) in [4.78, 5) is 13.1. The molecule has 1 aliphatic rings. The molecule has 0 saturated carbocycles. The van der Waals surface area contributed by atoms with Crippen molar-refractivity contribution in [3.8, 4) is 22.6 Å². The van der Waals surface area contributed by atoms with Crippen molar-refractivity contribution in [1.29, 1.82) is 0 Å². The number of aliphatic hydroxyl groups excluding tert-OH is 4. The molecule has 164 valence electrons. The van der Waals surface area contributed by atoms with Gasteiger partial charge in [-0.25, -0.2) is 0 Å². The summed E-state index contributed by atoms with van der Waals surface area (Å²) in [6, 6.07) is 8.10. The van der Waals surface area contributed by atoms with E-state index in [4.69, 9.17) is 9.15 Å². The average Bonchev–Trinajstić information content (AvgIpc) is 2.76. The molecule has 1 fully saturated rings. The van der Waals surface area contributed by atoms with Crippen LogP contribution in [0.25, 0.3) is 22.1 Å². The minimum absolute atomic E-state index is 0.00553. The van der Waals surface area contributed by atoms with Gasteiger partial charge in [-0.2, -0.15) is 0 Å². The van der Waals surface area contributed by atoms with Crippen molar-refractivity contribution in [2.75, 3.05) is 6.61 Å². The lowest BCUT2D eigenvalue weighted by Gasteiger charge is -2.45. The van der Waals surface area contributed by atoms with E-state index in [0.717, 1.165) is 12.3 Å². The van der Waals surface area contributed by atoms with Crippen molar-refractivity contribution in [1.82, 2.24) is 0 Å². The van der Waals surface area contributed by atoms with Crippen LogP contribution in [0, 0.1) is 0 Å². The number of ether oxygens (including phenoxy) is 1. The van der Waals surface area contributed by atoms with E-state index in [1.807, 2.05) is 0 Å². The zero-order valence-corrected chi connectivity index (χ0v) is 15.9. The number of aliphatic hydroxyl groups is 5. The second-order valence-corrected chi connectivity index (χ2v) is 7.32. The largest absolute Gasteiger partial charge is 0.508 e. The Labute approximate surface area is 174 Å². The molecule has 4 rings (SSSR count). The highest BCUT2D eigenvalue weighted by atomic mass is 16.7. The molecule has 31 heavy (non-hydrogen) atoms. The summed E-state index contributed by atoms with van der Waals surface area (Å²) < 4.78 is 10.8. The molecule has 1 aromatic heterocycles. The van der Waals surface area contributed by atoms with Crippen LogP contribution >= 0.6 is 0 Å². The van der Waals surface area contributed by atoms with Gasteiger partial charge in [-0.05, 0) is 29.8 Å². The number of fused-ring (bicyclic) bond motifs is 1. The summed E-state index contributed by atoms with van der Waals surface area (Å²) in [6.07, 6.45) is -6.23. The fraction of sp³-hybridized carbons (Fsp3) is 0.286. The molecule has 0 aliphatic carbocycles. The average molecular weight is 432 g/mol. The van der Waals surface area contributed by atoms with Gasteiger partial charge in [0.25, 0.3) is 0 Å². The monoisotopic (exact) mass is 432 g/mol. The molecule has 10 heteroatoms. The molecule has 0 radical (unpaired) electrons. The Morgan fingerprint density at radius 1 is 0.968 bits per heavy atom. The standard InChI is InChI=1S/C21H20O10/c22-7-14-17(26)18(27)20(28)21(29,31-14)15-13(24)6-5-11-16(25)12(8-30-19(11)15)9-1-3-10(23)4-2-9/h1-6,8,14,17-18,20,22-24,26-29H,7H2/t14-,17-,18+,20-,21-/m0/s1. The van der Waals surface area contributed by atoms with Crippen LogP contribution in [0.15, 0.2) is 51.9 Å². The first kappa shape index (κ1) is 21.2. The van der Waals surface area contributed by atoms with E-state index < -0.39 is 53.6 Å². The van der Waals surface area contributed by atoms with Crippen molar-refractivity contribution in [2.45, 2.75) is 30.2 Å². The minimum atomic E-state index is -2.81. The third kappa shape index (κ3) is 3.26. The predicted octanol–water partition coefficient (Wildman–Crippen LogP) is -0.510. The first-order valence-corrected chi connectivity index (χ1v) is 9.31. The van der Waals surface area contributed by atoms with Crippen molar-refractivity contribution in [3.63, 3.8) is 0 Å². The molecule has 1 aliphatic heterocycles. The molecule has 5 atom stereocenters. The van der Waals surface area contributed by atoms with Crippen molar-refractivity contribution >= 4 is 11.0 Å². The Kier molecular flexibility index (Phi) is 5.21. The normalized spacial score (nSPS) is 28.7. The molecule has 0 amide bonds. The lowest BCUT2D eigenvalue weighted by atomic mass is 9.87. The van der Waals surface area contributed by atoms with E-state index in [1.54, 1.807) is 0 Å². The highest BCUT2D eigenvalue weighted by molar-refractivity contribution is 5.86. The van der Waals surface area contributed by atoms with Crippen LogP contribution in [0.2, 0.25) is 0 Å². The number of hydrogen-bond acceptors (Lipinski definition) is 10. The Morgan fingerprint density at radius 3 is 2.29 bits per heavy atom. The van der Waals surface area contributed by atoms with Gasteiger partial charge in [-0.3, -0.25) is 4.79 Å². The maximum atomic E-state index is 13.1. The van der Waals surface area contributed by atoms with Crippen molar-refractivity contribution in [3.05, 3.63) is 58.4 Å².